The maximum atomic E-state index is 13.9. The minimum absolute atomic E-state index is 0.0787. The van der Waals surface area contributed by atoms with Gasteiger partial charge in [0.2, 0.25) is 10.0 Å². The van der Waals surface area contributed by atoms with Crippen LogP contribution in [0, 0.1) is 5.82 Å². The second-order valence-electron chi connectivity index (χ2n) is 5.27. The Morgan fingerprint density at radius 1 is 1.17 bits per heavy atom. The van der Waals surface area contributed by atoms with E-state index in [1.807, 2.05) is 12.1 Å². The fraction of sp³-hybridized carbons (Fsp3) is 0.188. The van der Waals surface area contributed by atoms with Gasteiger partial charge in [-0.05, 0) is 35.4 Å². The molecule has 2 aromatic rings. The van der Waals surface area contributed by atoms with Crippen molar-refractivity contribution >= 4 is 44.5 Å². The molecule has 0 atom stereocenters. The lowest BCUT2D eigenvalue weighted by molar-refractivity contribution is 0.603. The Balaban J connectivity index is 1.93. The van der Waals surface area contributed by atoms with Crippen LogP contribution in [0.2, 0.25) is 5.02 Å². The molecule has 0 radical (unpaired) electrons. The lowest BCUT2D eigenvalue weighted by atomic mass is 10.1. The van der Waals surface area contributed by atoms with E-state index >= 15 is 0 Å². The zero-order chi connectivity index (χ0) is 17.7. The summed E-state index contributed by atoms with van der Waals surface area (Å²) in [7, 11) is -3.51. The van der Waals surface area contributed by atoms with Crippen LogP contribution >= 0.6 is 23.8 Å². The highest BCUT2D eigenvalue weighted by Crippen LogP contribution is 2.17. The zero-order valence-corrected chi connectivity index (χ0v) is 15.2. The van der Waals surface area contributed by atoms with E-state index in [0.717, 1.165) is 11.8 Å². The number of thiocarbonyl (C=S) groups is 1. The predicted octanol–water partition coefficient (Wildman–Crippen LogP) is 3.51. The van der Waals surface area contributed by atoms with Crippen molar-refractivity contribution in [3.05, 3.63) is 64.4 Å². The molecule has 0 aliphatic rings. The number of rotatable bonds is 6. The number of benzene rings is 2. The van der Waals surface area contributed by atoms with Crippen LogP contribution in [0.25, 0.3) is 0 Å². The van der Waals surface area contributed by atoms with E-state index in [1.54, 1.807) is 18.2 Å². The number of nitrogens with one attached hydrogen (secondary N) is 2. The van der Waals surface area contributed by atoms with Crippen LogP contribution in [0.3, 0.4) is 0 Å². The topological polar surface area (TPSA) is 58.2 Å². The highest BCUT2D eigenvalue weighted by molar-refractivity contribution is 7.92. The SMILES string of the molecule is CS(=O)(=O)Nc1ccc(CNC(=S)Cc2ccc(Cl)cc2)cc1F. The molecule has 0 heterocycles. The van der Waals surface area contributed by atoms with E-state index in [0.29, 0.717) is 28.5 Å². The first-order chi connectivity index (χ1) is 11.2. The van der Waals surface area contributed by atoms with Crippen molar-refractivity contribution in [2.45, 2.75) is 13.0 Å². The Labute approximate surface area is 151 Å². The molecule has 0 aliphatic carbocycles. The van der Waals surface area contributed by atoms with Crippen LogP contribution in [0.1, 0.15) is 11.1 Å². The van der Waals surface area contributed by atoms with Gasteiger partial charge in [-0.3, -0.25) is 4.72 Å². The zero-order valence-electron chi connectivity index (χ0n) is 12.8. The standard InChI is InChI=1S/C16H16ClFN2O2S2/c1-24(21,22)20-15-7-4-12(8-14(15)18)10-19-16(23)9-11-2-5-13(17)6-3-11/h2-8,20H,9-10H2,1H3,(H,19,23). The van der Waals surface area contributed by atoms with Crippen molar-refractivity contribution in [3.63, 3.8) is 0 Å². The van der Waals surface area contributed by atoms with Crippen molar-refractivity contribution in [3.8, 4) is 0 Å². The van der Waals surface area contributed by atoms with Crippen LogP contribution in [0.15, 0.2) is 42.5 Å². The predicted molar refractivity (Wildman–Crippen MR) is 99.5 cm³/mol. The quantitative estimate of drug-likeness (QED) is 0.746. The summed E-state index contributed by atoms with van der Waals surface area (Å²) in [5.41, 5.74) is 1.60. The maximum Gasteiger partial charge on any atom is 0.229 e. The van der Waals surface area contributed by atoms with Gasteiger partial charge in [0.15, 0.2) is 0 Å². The molecule has 0 aromatic heterocycles. The molecule has 8 heteroatoms. The molecule has 0 bridgehead atoms. The second-order valence-corrected chi connectivity index (χ2v) is 7.95. The number of anilines is 1. The molecule has 2 aromatic carbocycles. The Bertz CT molecular complexity index is 840. The lowest BCUT2D eigenvalue weighted by Gasteiger charge is -2.10. The second kappa shape index (κ2) is 7.92. The highest BCUT2D eigenvalue weighted by atomic mass is 35.5. The molecule has 0 aliphatic heterocycles. The molecule has 0 saturated heterocycles. The molecule has 128 valence electrons. The van der Waals surface area contributed by atoms with Crippen molar-refractivity contribution in [1.29, 1.82) is 0 Å². The molecule has 2 N–H and O–H groups in total. The number of hydrogen-bond acceptors (Lipinski definition) is 3. The normalized spacial score (nSPS) is 11.1. The van der Waals surface area contributed by atoms with Crippen LogP contribution < -0.4 is 10.0 Å². The average Bonchev–Trinajstić information content (AvgIpc) is 2.49. The molecular weight excluding hydrogens is 371 g/mol. The first-order valence-electron chi connectivity index (χ1n) is 7.00. The van der Waals surface area contributed by atoms with E-state index < -0.39 is 15.8 Å². The summed E-state index contributed by atoms with van der Waals surface area (Å²) in [5, 5.41) is 3.71. The van der Waals surface area contributed by atoms with E-state index in [-0.39, 0.29) is 5.69 Å². The van der Waals surface area contributed by atoms with E-state index in [9.17, 15) is 12.8 Å². The third-order valence-corrected chi connectivity index (χ3v) is 4.23. The van der Waals surface area contributed by atoms with Crippen molar-refractivity contribution in [2.24, 2.45) is 0 Å². The summed E-state index contributed by atoms with van der Waals surface area (Å²) in [6, 6.07) is 11.7. The summed E-state index contributed by atoms with van der Waals surface area (Å²) < 4.78 is 38.3. The summed E-state index contributed by atoms with van der Waals surface area (Å²) in [4.78, 5) is 0.621. The van der Waals surface area contributed by atoms with Crippen LogP contribution in [-0.4, -0.2) is 19.7 Å². The van der Waals surface area contributed by atoms with Gasteiger partial charge in [-0.25, -0.2) is 12.8 Å². The molecular formula is C16H16ClFN2O2S2. The molecule has 0 saturated carbocycles. The third kappa shape index (κ3) is 6.07. The summed E-state index contributed by atoms with van der Waals surface area (Å²) in [6.07, 6.45) is 1.53. The Hall–Kier alpha value is -1.70. The van der Waals surface area contributed by atoms with Gasteiger partial charge in [0.05, 0.1) is 16.9 Å². The number of halogens is 2. The summed E-state index contributed by atoms with van der Waals surface area (Å²) in [5.74, 6) is -0.636. The molecule has 4 nitrogen and oxygen atoms in total. The van der Waals surface area contributed by atoms with Crippen LogP contribution in [0.5, 0.6) is 0 Å². The largest absolute Gasteiger partial charge is 0.375 e. The Morgan fingerprint density at radius 3 is 2.38 bits per heavy atom. The molecule has 24 heavy (non-hydrogen) atoms. The van der Waals surface area contributed by atoms with Gasteiger partial charge < -0.3 is 5.32 Å². The summed E-state index contributed by atoms with van der Waals surface area (Å²) >= 11 is 11.1. The monoisotopic (exact) mass is 386 g/mol. The Kier molecular flexibility index (Phi) is 6.15. The molecule has 2 rings (SSSR count). The molecule has 0 amide bonds. The van der Waals surface area contributed by atoms with E-state index in [2.05, 4.69) is 10.0 Å². The van der Waals surface area contributed by atoms with E-state index in [4.69, 9.17) is 23.8 Å². The Morgan fingerprint density at radius 2 is 1.79 bits per heavy atom. The van der Waals surface area contributed by atoms with Crippen LogP contribution in [-0.2, 0) is 23.0 Å². The number of hydrogen-bond donors (Lipinski definition) is 2. The first-order valence-corrected chi connectivity index (χ1v) is 9.68. The van der Waals surface area contributed by atoms with Gasteiger partial charge >= 0.3 is 0 Å². The van der Waals surface area contributed by atoms with Gasteiger partial charge in [-0.1, -0.05) is 42.0 Å². The first kappa shape index (κ1) is 18.6. The molecule has 0 fully saturated rings. The lowest BCUT2D eigenvalue weighted by Crippen LogP contribution is -2.22. The number of sulfonamides is 1. The van der Waals surface area contributed by atoms with Gasteiger partial charge in [-0.15, -0.1) is 0 Å². The summed E-state index contributed by atoms with van der Waals surface area (Å²) in [6.45, 7) is 0.350. The minimum Gasteiger partial charge on any atom is -0.375 e. The molecule has 0 unspecified atom stereocenters. The van der Waals surface area contributed by atoms with Crippen LogP contribution in [0.4, 0.5) is 10.1 Å². The highest BCUT2D eigenvalue weighted by Gasteiger charge is 2.08. The molecule has 0 spiro atoms. The third-order valence-electron chi connectivity index (χ3n) is 3.10. The minimum atomic E-state index is -3.51. The fourth-order valence-corrected chi connectivity index (χ4v) is 2.93. The van der Waals surface area contributed by atoms with Crippen molar-refractivity contribution in [2.75, 3.05) is 11.0 Å². The maximum absolute atomic E-state index is 13.9. The average molecular weight is 387 g/mol. The van der Waals surface area contributed by atoms with Gasteiger partial charge in [-0.2, -0.15) is 0 Å². The van der Waals surface area contributed by atoms with Gasteiger partial charge in [0, 0.05) is 18.0 Å². The van der Waals surface area contributed by atoms with Gasteiger partial charge in [0.25, 0.3) is 0 Å². The van der Waals surface area contributed by atoms with Gasteiger partial charge in [0.1, 0.15) is 5.82 Å². The fourth-order valence-electron chi connectivity index (χ4n) is 2.00. The van der Waals surface area contributed by atoms with Crippen molar-refractivity contribution < 1.29 is 12.8 Å². The smallest absolute Gasteiger partial charge is 0.229 e. The van der Waals surface area contributed by atoms with Crippen molar-refractivity contribution in [1.82, 2.24) is 5.32 Å². The van der Waals surface area contributed by atoms with E-state index in [1.165, 1.54) is 12.1 Å².